The minimum atomic E-state index is -1.39. The number of hydrogen-bond donors (Lipinski definition) is 3. The number of hydrazine groups is 1. The van der Waals surface area contributed by atoms with Crippen molar-refractivity contribution in [2.75, 3.05) is 19.8 Å². The van der Waals surface area contributed by atoms with Crippen molar-refractivity contribution in [2.24, 2.45) is 16.0 Å². The van der Waals surface area contributed by atoms with Crippen LogP contribution in [0.15, 0.2) is 71.3 Å². The zero-order chi connectivity index (χ0) is 26.0. The molecule has 2 aromatic rings. The summed E-state index contributed by atoms with van der Waals surface area (Å²) < 4.78 is 11.9. The Morgan fingerprint density at radius 3 is 2.75 bits per heavy atom. The number of ether oxygens (including phenoxy) is 2. The van der Waals surface area contributed by atoms with Crippen molar-refractivity contribution in [1.82, 2.24) is 10.9 Å². The van der Waals surface area contributed by atoms with Crippen LogP contribution in [-0.2, 0) is 9.53 Å². The second-order valence-electron chi connectivity index (χ2n) is 8.76. The van der Waals surface area contributed by atoms with Crippen LogP contribution in [0.3, 0.4) is 0 Å². The third-order valence-corrected chi connectivity index (χ3v) is 5.57. The molecular weight excluding hydrogens is 460 g/mol. The summed E-state index contributed by atoms with van der Waals surface area (Å²) in [6.07, 6.45) is 1.48. The third-order valence-electron chi connectivity index (χ3n) is 5.57. The summed E-state index contributed by atoms with van der Waals surface area (Å²) >= 11 is 0. The number of aliphatic hydroxyl groups excluding tert-OH is 1. The van der Waals surface area contributed by atoms with Gasteiger partial charge >= 0.3 is 0 Å². The maximum absolute atomic E-state index is 13.6. The van der Waals surface area contributed by atoms with E-state index in [1.54, 1.807) is 54.6 Å². The van der Waals surface area contributed by atoms with Crippen LogP contribution >= 0.6 is 0 Å². The lowest BCUT2D eigenvalue weighted by Crippen LogP contribution is -2.53. The van der Waals surface area contributed by atoms with Crippen LogP contribution in [0.1, 0.15) is 43.9 Å². The van der Waals surface area contributed by atoms with Crippen LogP contribution in [0.25, 0.3) is 10.4 Å². The number of rotatable bonds is 13. The lowest BCUT2D eigenvalue weighted by atomic mass is 9.84. The summed E-state index contributed by atoms with van der Waals surface area (Å²) in [5.41, 5.74) is 15.0. The number of nitrogens with one attached hydrogen (secondary N) is 2. The first-order chi connectivity index (χ1) is 17.4. The molecule has 36 heavy (non-hydrogen) atoms. The van der Waals surface area contributed by atoms with Gasteiger partial charge in [-0.25, -0.2) is 10.4 Å². The summed E-state index contributed by atoms with van der Waals surface area (Å²) in [5, 5.41) is 12.7. The second kappa shape index (κ2) is 12.7. The summed E-state index contributed by atoms with van der Waals surface area (Å²) in [6.45, 7) is 8.94. The summed E-state index contributed by atoms with van der Waals surface area (Å²) in [5.74, 6) is 0.851. The first kappa shape index (κ1) is 26.7. The van der Waals surface area contributed by atoms with Crippen LogP contribution in [0.2, 0.25) is 0 Å². The number of aliphatic imine (C=N–C) groups is 1. The van der Waals surface area contributed by atoms with Gasteiger partial charge in [-0.1, -0.05) is 49.3 Å². The van der Waals surface area contributed by atoms with E-state index in [2.05, 4.69) is 27.5 Å². The van der Waals surface area contributed by atoms with E-state index in [1.807, 2.05) is 13.8 Å². The fraction of sp³-hybridized carbons (Fsp3) is 0.385. The van der Waals surface area contributed by atoms with Gasteiger partial charge in [0, 0.05) is 47.7 Å². The molecule has 10 heteroatoms. The Morgan fingerprint density at radius 2 is 2.08 bits per heavy atom. The molecule has 0 saturated carbocycles. The predicted molar refractivity (Wildman–Crippen MR) is 138 cm³/mol. The van der Waals surface area contributed by atoms with Gasteiger partial charge in [-0.15, -0.1) is 6.58 Å². The van der Waals surface area contributed by atoms with E-state index in [9.17, 15) is 4.79 Å². The first-order valence-corrected chi connectivity index (χ1v) is 11.8. The van der Waals surface area contributed by atoms with Crippen LogP contribution in [0.5, 0.6) is 5.75 Å². The van der Waals surface area contributed by atoms with Crippen LogP contribution < -0.4 is 15.6 Å². The van der Waals surface area contributed by atoms with Gasteiger partial charge in [-0.05, 0) is 35.7 Å². The molecule has 0 bridgehead atoms. The van der Waals surface area contributed by atoms with Gasteiger partial charge in [0.2, 0.25) is 5.90 Å². The minimum Gasteiger partial charge on any atom is -0.494 e. The molecule has 0 radical (unpaired) electrons. The molecule has 1 aliphatic heterocycles. The zero-order valence-electron chi connectivity index (χ0n) is 20.6. The monoisotopic (exact) mass is 492 g/mol. The van der Waals surface area contributed by atoms with E-state index < -0.39 is 11.6 Å². The van der Waals surface area contributed by atoms with Gasteiger partial charge in [-0.3, -0.25) is 10.2 Å². The number of carbonyl (C=O) groups is 1. The lowest BCUT2D eigenvalue weighted by molar-refractivity contribution is -0.129. The highest BCUT2D eigenvalue weighted by atomic mass is 16.5. The molecule has 3 rings (SSSR count). The molecule has 3 N–H and O–H groups in total. The van der Waals surface area contributed by atoms with E-state index in [0.717, 1.165) is 0 Å². The fourth-order valence-corrected chi connectivity index (χ4v) is 3.80. The quantitative estimate of drug-likeness (QED) is 0.0943. The van der Waals surface area contributed by atoms with Crippen molar-refractivity contribution in [3.8, 4) is 5.75 Å². The molecule has 10 nitrogen and oxygen atoms in total. The van der Waals surface area contributed by atoms with Crippen molar-refractivity contribution in [2.45, 2.75) is 38.3 Å². The third kappa shape index (κ3) is 6.23. The van der Waals surface area contributed by atoms with Gasteiger partial charge in [0.05, 0.1) is 6.61 Å². The molecule has 0 fully saturated rings. The Kier molecular flexibility index (Phi) is 9.46. The summed E-state index contributed by atoms with van der Waals surface area (Å²) in [4.78, 5) is 21.4. The molecule has 1 amide bonds. The second-order valence-corrected chi connectivity index (χ2v) is 8.76. The zero-order valence-corrected chi connectivity index (χ0v) is 20.6. The average Bonchev–Trinajstić information content (AvgIpc) is 3.25. The van der Waals surface area contributed by atoms with E-state index >= 15 is 0 Å². The van der Waals surface area contributed by atoms with E-state index in [-0.39, 0.29) is 24.8 Å². The summed E-state index contributed by atoms with van der Waals surface area (Å²) in [6, 6.07) is 14.1. The van der Waals surface area contributed by atoms with Crippen LogP contribution in [-0.4, -0.2) is 42.2 Å². The Morgan fingerprint density at radius 1 is 1.33 bits per heavy atom. The molecule has 190 valence electrons. The van der Waals surface area contributed by atoms with E-state index in [4.69, 9.17) is 25.1 Å². The average molecular weight is 493 g/mol. The Bertz CT molecular complexity index is 1130. The van der Waals surface area contributed by atoms with Gasteiger partial charge in [-0.2, -0.15) is 0 Å². The van der Waals surface area contributed by atoms with Gasteiger partial charge < -0.3 is 14.6 Å². The minimum absolute atomic E-state index is 0.0565. The highest BCUT2D eigenvalue weighted by Crippen LogP contribution is 2.45. The number of nitrogens with zero attached hydrogens (tertiary/aromatic N) is 4. The molecule has 1 heterocycles. The van der Waals surface area contributed by atoms with E-state index in [0.29, 0.717) is 48.1 Å². The lowest BCUT2D eigenvalue weighted by Gasteiger charge is -2.30. The van der Waals surface area contributed by atoms with E-state index in [1.165, 1.54) is 0 Å². The normalized spacial score (nSPS) is 18.7. The molecule has 1 aliphatic rings. The SMILES string of the molecule is C=CC[C@]1(C(=O)NNCC(C)C)N=C(c2ccc(OCCCO)cc2)O[C@H]1c1ccccc1N=[N+]=[N-]. The number of benzene rings is 2. The Labute approximate surface area is 210 Å². The maximum Gasteiger partial charge on any atom is 0.266 e. The highest BCUT2D eigenvalue weighted by Gasteiger charge is 2.53. The molecule has 2 atom stereocenters. The van der Waals surface area contributed by atoms with Crippen molar-refractivity contribution in [3.63, 3.8) is 0 Å². The smallest absolute Gasteiger partial charge is 0.266 e. The molecule has 0 aromatic heterocycles. The topological polar surface area (TPSA) is 141 Å². The summed E-state index contributed by atoms with van der Waals surface area (Å²) in [7, 11) is 0. The van der Waals surface area contributed by atoms with Crippen molar-refractivity contribution < 1.29 is 19.4 Å². The highest BCUT2D eigenvalue weighted by molar-refractivity contribution is 6.01. The molecule has 0 saturated heterocycles. The number of hydrogen-bond acceptors (Lipinski definition) is 7. The number of aliphatic hydroxyl groups is 1. The Balaban J connectivity index is 2.02. The van der Waals surface area contributed by atoms with Crippen molar-refractivity contribution in [1.29, 1.82) is 0 Å². The largest absolute Gasteiger partial charge is 0.494 e. The fourth-order valence-electron chi connectivity index (χ4n) is 3.80. The molecule has 0 aliphatic carbocycles. The van der Waals surface area contributed by atoms with Crippen LogP contribution in [0, 0.1) is 5.92 Å². The number of amides is 1. The van der Waals surface area contributed by atoms with Gasteiger partial charge in [0.15, 0.2) is 11.6 Å². The first-order valence-electron chi connectivity index (χ1n) is 11.8. The van der Waals surface area contributed by atoms with Crippen molar-refractivity contribution in [3.05, 3.63) is 82.8 Å². The molecular formula is C26H32N6O4. The van der Waals surface area contributed by atoms with Crippen LogP contribution in [0.4, 0.5) is 5.69 Å². The predicted octanol–water partition coefficient (Wildman–Crippen LogP) is 4.50. The standard InChI is InChI=1S/C26H32N6O4/c1-4-14-26(25(34)31-28-17-18(2)3)23(21-8-5-6-9-22(21)30-32-27)36-24(29-26)19-10-12-20(13-11-19)35-16-7-15-33/h4-6,8-13,18,23,28,33H,1,7,14-17H2,2-3H3,(H,31,34)/t23-,26-/m0/s1. The Hall–Kier alpha value is -3.85. The number of carbonyl (C=O) groups excluding carboxylic acids is 1. The maximum atomic E-state index is 13.6. The number of azide groups is 1. The van der Waals surface area contributed by atoms with Crippen molar-refractivity contribution >= 4 is 17.5 Å². The van der Waals surface area contributed by atoms with Gasteiger partial charge in [0.1, 0.15) is 5.75 Å². The molecule has 0 unspecified atom stereocenters. The molecule has 2 aromatic carbocycles. The molecule has 0 spiro atoms. The van der Waals surface area contributed by atoms with Gasteiger partial charge in [0.25, 0.3) is 5.91 Å².